The molecule has 0 N–H and O–H groups in total. The zero-order valence-electron chi connectivity index (χ0n) is 25.3. The Morgan fingerprint density at radius 3 is 1.50 bits per heavy atom. The molecule has 0 unspecified atom stereocenters. The summed E-state index contributed by atoms with van der Waals surface area (Å²) in [7, 11) is 0. The van der Waals surface area contributed by atoms with Crippen LogP contribution in [0.25, 0.3) is 77.7 Å². The minimum Gasteiger partial charge on any atom is -0.256 e. The van der Waals surface area contributed by atoms with Gasteiger partial charge in [0.05, 0.1) is 5.69 Å². The SMILES string of the molecule is CC(C)(C)c1cc(-c2cc(-c3ccc4c(c3)-c3ccccc3-c3ccccc3-c3ccccc3-4)ccn2)cc2ccccc12. The molecule has 0 atom stereocenters. The van der Waals surface area contributed by atoms with Gasteiger partial charge in [0.1, 0.15) is 0 Å². The summed E-state index contributed by atoms with van der Waals surface area (Å²) in [6.45, 7) is 6.86. The maximum atomic E-state index is 4.87. The van der Waals surface area contributed by atoms with Gasteiger partial charge in [-0.1, -0.05) is 130 Å². The molecule has 0 aliphatic heterocycles. The van der Waals surface area contributed by atoms with Crippen molar-refractivity contribution in [2.24, 2.45) is 0 Å². The van der Waals surface area contributed by atoms with Crippen molar-refractivity contribution in [3.05, 3.63) is 151 Å². The van der Waals surface area contributed by atoms with E-state index in [0.29, 0.717) is 0 Å². The molecule has 1 nitrogen and oxygen atoms in total. The fourth-order valence-electron chi connectivity index (χ4n) is 6.89. The minimum atomic E-state index is 0.0191. The Morgan fingerprint density at radius 1 is 0.409 bits per heavy atom. The second-order valence-electron chi connectivity index (χ2n) is 12.8. The van der Waals surface area contributed by atoms with Gasteiger partial charge in [-0.3, -0.25) is 4.98 Å². The van der Waals surface area contributed by atoms with Crippen LogP contribution in [0.3, 0.4) is 0 Å². The molecule has 44 heavy (non-hydrogen) atoms. The number of hydrogen-bond donors (Lipinski definition) is 0. The van der Waals surface area contributed by atoms with Crippen molar-refractivity contribution < 1.29 is 0 Å². The lowest BCUT2D eigenvalue weighted by molar-refractivity contribution is 0.596. The van der Waals surface area contributed by atoms with E-state index in [9.17, 15) is 0 Å². The van der Waals surface area contributed by atoms with Gasteiger partial charge in [-0.25, -0.2) is 0 Å². The molecule has 0 fully saturated rings. The molecule has 1 aliphatic rings. The normalized spacial score (nSPS) is 12.0. The number of aromatic nitrogens is 1. The van der Waals surface area contributed by atoms with Crippen molar-refractivity contribution in [1.82, 2.24) is 4.98 Å². The number of benzene rings is 6. The van der Waals surface area contributed by atoms with Crippen LogP contribution in [0.2, 0.25) is 0 Å². The van der Waals surface area contributed by atoms with Crippen molar-refractivity contribution >= 4 is 10.8 Å². The zero-order valence-corrected chi connectivity index (χ0v) is 25.3. The predicted octanol–water partition coefficient (Wildman–Crippen LogP) is 11.8. The molecule has 8 rings (SSSR count). The van der Waals surface area contributed by atoms with Crippen LogP contribution in [0.5, 0.6) is 0 Å². The number of nitrogens with zero attached hydrogens (tertiary/aromatic N) is 1. The largest absolute Gasteiger partial charge is 0.256 e. The van der Waals surface area contributed by atoms with Crippen molar-refractivity contribution in [2.75, 3.05) is 0 Å². The molecule has 0 saturated carbocycles. The molecule has 1 aromatic heterocycles. The molecular formula is C43H33N. The summed E-state index contributed by atoms with van der Waals surface area (Å²) < 4.78 is 0. The summed E-state index contributed by atoms with van der Waals surface area (Å²) in [6, 6.07) is 51.1. The highest BCUT2D eigenvalue weighted by Crippen LogP contribution is 2.48. The van der Waals surface area contributed by atoms with Crippen LogP contribution in [-0.4, -0.2) is 4.98 Å². The lowest BCUT2D eigenvalue weighted by Crippen LogP contribution is -2.12. The minimum absolute atomic E-state index is 0.0191. The highest BCUT2D eigenvalue weighted by atomic mass is 14.7. The first-order valence-electron chi connectivity index (χ1n) is 15.4. The van der Waals surface area contributed by atoms with E-state index in [0.717, 1.165) is 16.8 Å². The average molecular weight is 564 g/mol. The maximum Gasteiger partial charge on any atom is 0.0708 e. The quantitative estimate of drug-likeness (QED) is 0.204. The third kappa shape index (κ3) is 4.36. The summed E-state index contributed by atoms with van der Waals surface area (Å²) in [5.41, 5.74) is 15.9. The second-order valence-corrected chi connectivity index (χ2v) is 12.8. The van der Waals surface area contributed by atoms with E-state index < -0.39 is 0 Å². The van der Waals surface area contributed by atoms with E-state index in [1.807, 2.05) is 6.20 Å². The number of rotatable bonds is 2. The predicted molar refractivity (Wildman–Crippen MR) is 187 cm³/mol. The Morgan fingerprint density at radius 2 is 0.909 bits per heavy atom. The summed E-state index contributed by atoms with van der Waals surface area (Å²) in [4.78, 5) is 4.87. The first-order valence-corrected chi connectivity index (χ1v) is 15.4. The molecule has 210 valence electrons. The van der Waals surface area contributed by atoms with Crippen LogP contribution < -0.4 is 0 Å². The van der Waals surface area contributed by atoms with Gasteiger partial charge in [-0.2, -0.15) is 0 Å². The number of hydrogen-bond acceptors (Lipinski definition) is 1. The van der Waals surface area contributed by atoms with Gasteiger partial charge in [0.2, 0.25) is 0 Å². The Labute approximate surface area is 259 Å². The highest BCUT2D eigenvalue weighted by Gasteiger charge is 2.22. The van der Waals surface area contributed by atoms with Crippen LogP contribution in [0, 0.1) is 0 Å². The fourth-order valence-corrected chi connectivity index (χ4v) is 6.89. The fraction of sp³-hybridized carbons (Fsp3) is 0.0930. The van der Waals surface area contributed by atoms with Gasteiger partial charge in [-0.05, 0) is 108 Å². The standard InChI is InChI=1S/C43H33N/c1-43(2,3)41-26-31(24-30-12-4-5-13-32(30)41)42-27-29(22-23-44-42)28-20-21-39-37-18-9-8-16-35(37)33-14-6-7-15-34(33)36-17-10-11-19-38(36)40(39)25-28/h4-27H,1-3H3. The van der Waals surface area contributed by atoms with Gasteiger partial charge in [0.25, 0.3) is 0 Å². The zero-order chi connectivity index (χ0) is 29.8. The van der Waals surface area contributed by atoms with Crippen molar-refractivity contribution in [3.63, 3.8) is 0 Å². The molecule has 1 heterocycles. The molecule has 1 heteroatoms. The van der Waals surface area contributed by atoms with E-state index >= 15 is 0 Å². The second kappa shape index (κ2) is 10.2. The third-order valence-electron chi connectivity index (χ3n) is 9.02. The molecule has 0 bridgehead atoms. The molecule has 7 aromatic rings. The van der Waals surface area contributed by atoms with Gasteiger partial charge in [0, 0.05) is 11.8 Å². The lowest BCUT2D eigenvalue weighted by Gasteiger charge is -2.23. The first kappa shape index (κ1) is 26.4. The van der Waals surface area contributed by atoms with Crippen LogP contribution >= 0.6 is 0 Å². The van der Waals surface area contributed by atoms with E-state index in [2.05, 4.69) is 160 Å². The van der Waals surface area contributed by atoms with E-state index in [1.165, 1.54) is 66.4 Å². The van der Waals surface area contributed by atoms with Crippen LogP contribution in [0.4, 0.5) is 0 Å². The molecule has 0 saturated heterocycles. The summed E-state index contributed by atoms with van der Waals surface area (Å²) in [6.07, 6.45) is 1.95. The average Bonchev–Trinajstić information content (AvgIpc) is 3.06. The number of fused-ring (bicyclic) bond motifs is 9. The van der Waals surface area contributed by atoms with Gasteiger partial charge < -0.3 is 0 Å². The van der Waals surface area contributed by atoms with Crippen molar-refractivity contribution in [2.45, 2.75) is 26.2 Å². The molecule has 0 amide bonds. The van der Waals surface area contributed by atoms with Crippen LogP contribution in [-0.2, 0) is 5.41 Å². The van der Waals surface area contributed by atoms with E-state index in [4.69, 9.17) is 4.98 Å². The van der Waals surface area contributed by atoms with Gasteiger partial charge >= 0.3 is 0 Å². The molecule has 1 aliphatic carbocycles. The van der Waals surface area contributed by atoms with Gasteiger partial charge in [-0.15, -0.1) is 0 Å². The summed E-state index contributed by atoms with van der Waals surface area (Å²) >= 11 is 0. The Kier molecular flexibility index (Phi) is 6.10. The monoisotopic (exact) mass is 563 g/mol. The first-order chi connectivity index (χ1) is 21.5. The third-order valence-corrected chi connectivity index (χ3v) is 9.02. The smallest absolute Gasteiger partial charge is 0.0708 e. The molecular weight excluding hydrogens is 530 g/mol. The lowest BCUT2D eigenvalue weighted by atomic mass is 9.80. The Bertz CT molecular complexity index is 2210. The number of pyridine rings is 1. The topological polar surface area (TPSA) is 12.9 Å². The molecule has 0 radical (unpaired) electrons. The molecule has 0 spiro atoms. The Hall–Kier alpha value is -5.27. The van der Waals surface area contributed by atoms with Crippen LogP contribution in [0.1, 0.15) is 26.3 Å². The Balaban J connectivity index is 1.32. The van der Waals surface area contributed by atoms with Gasteiger partial charge in [0.15, 0.2) is 0 Å². The summed E-state index contributed by atoms with van der Waals surface area (Å²) in [5.74, 6) is 0. The van der Waals surface area contributed by atoms with Crippen molar-refractivity contribution in [3.8, 4) is 66.9 Å². The summed E-state index contributed by atoms with van der Waals surface area (Å²) in [5, 5.41) is 2.56. The van der Waals surface area contributed by atoms with E-state index in [-0.39, 0.29) is 5.41 Å². The van der Waals surface area contributed by atoms with E-state index in [1.54, 1.807) is 0 Å². The van der Waals surface area contributed by atoms with Crippen molar-refractivity contribution in [1.29, 1.82) is 0 Å². The molecule has 6 aromatic carbocycles. The van der Waals surface area contributed by atoms with Crippen LogP contribution in [0.15, 0.2) is 146 Å². The maximum absolute atomic E-state index is 4.87. The highest BCUT2D eigenvalue weighted by molar-refractivity contribution is 6.03.